The largest absolute Gasteiger partial charge is 0.475 e. The first kappa shape index (κ1) is 20.6. The lowest BCUT2D eigenvalue weighted by molar-refractivity contribution is 0.305. The van der Waals surface area contributed by atoms with Gasteiger partial charge in [0.15, 0.2) is 5.96 Å². The quantitative estimate of drug-likeness (QED) is 0.317. The van der Waals surface area contributed by atoms with Gasteiger partial charge >= 0.3 is 0 Å². The van der Waals surface area contributed by atoms with Crippen molar-refractivity contribution in [2.75, 3.05) is 39.0 Å². The molecule has 1 aromatic heterocycles. The maximum atomic E-state index is 6.00. The van der Waals surface area contributed by atoms with Crippen LogP contribution in [0, 0.1) is 0 Å². The van der Waals surface area contributed by atoms with Crippen LogP contribution in [0.3, 0.4) is 0 Å². The van der Waals surface area contributed by atoms with Gasteiger partial charge in [-0.05, 0) is 26.0 Å². The van der Waals surface area contributed by atoms with Gasteiger partial charge in [-0.3, -0.25) is 4.99 Å². The van der Waals surface area contributed by atoms with Gasteiger partial charge in [0.25, 0.3) is 0 Å². The van der Waals surface area contributed by atoms with Crippen LogP contribution in [0.25, 0.3) is 0 Å². The minimum Gasteiger partial charge on any atom is -0.475 e. The van der Waals surface area contributed by atoms with Crippen molar-refractivity contribution >= 4 is 53.3 Å². The van der Waals surface area contributed by atoms with Crippen LogP contribution >= 0.6 is 47.3 Å². The highest BCUT2D eigenvalue weighted by Crippen LogP contribution is 2.29. The molecule has 23 heavy (non-hydrogen) atoms. The molecule has 5 nitrogen and oxygen atoms in total. The second kappa shape index (κ2) is 9.78. The second-order valence-electron chi connectivity index (χ2n) is 5.64. The van der Waals surface area contributed by atoms with Crippen molar-refractivity contribution in [2.24, 2.45) is 4.99 Å². The fraction of sp³-hybridized carbons (Fsp3) is 0.600. The summed E-state index contributed by atoms with van der Waals surface area (Å²) in [4.78, 5) is 10.8. The van der Waals surface area contributed by atoms with Gasteiger partial charge in [-0.2, -0.15) is 11.8 Å². The van der Waals surface area contributed by atoms with Crippen molar-refractivity contribution in [2.45, 2.75) is 18.6 Å². The van der Waals surface area contributed by atoms with E-state index in [0.717, 1.165) is 24.8 Å². The van der Waals surface area contributed by atoms with Gasteiger partial charge in [0.05, 0.1) is 6.54 Å². The molecule has 0 atom stereocenters. The van der Waals surface area contributed by atoms with E-state index in [4.69, 9.17) is 16.3 Å². The van der Waals surface area contributed by atoms with Gasteiger partial charge < -0.3 is 15.0 Å². The lowest BCUT2D eigenvalue weighted by Gasteiger charge is -2.39. The van der Waals surface area contributed by atoms with E-state index in [1.165, 1.54) is 0 Å². The number of guanidine groups is 1. The molecule has 0 radical (unpaired) electrons. The molecule has 2 rings (SSSR count). The van der Waals surface area contributed by atoms with Gasteiger partial charge in [0.2, 0.25) is 5.88 Å². The third kappa shape index (κ3) is 6.54. The number of rotatable bonds is 4. The number of pyridine rings is 1. The first-order valence-corrected chi connectivity index (χ1v) is 8.71. The summed E-state index contributed by atoms with van der Waals surface area (Å²) in [5, 5.41) is 3.87. The van der Waals surface area contributed by atoms with E-state index in [-0.39, 0.29) is 28.7 Å². The molecule has 1 aromatic rings. The average molecular weight is 471 g/mol. The lowest BCUT2D eigenvalue weighted by Crippen LogP contribution is -2.51. The van der Waals surface area contributed by atoms with Gasteiger partial charge in [-0.25, -0.2) is 4.98 Å². The summed E-state index contributed by atoms with van der Waals surface area (Å²) in [5.74, 6) is 2.51. The molecule has 0 aromatic carbocycles. The zero-order valence-electron chi connectivity index (χ0n) is 13.7. The SMILES string of the molecule is CN=C(NCCOc1ncccc1Cl)N1CCSC(C)(C)C1.I. The molecule has 0 spiro atoms. The highest BCUT2D eigenvalue weighted by atomic mass is 127. The monoisotopic (exact) mass is 470 g/mol. The molecule has 8 heteroatoms. The number of halogens is 2. The summed E-state index contributed by atoms with van der Waals surface area (Å²) in [6.07, 6.45) is 1.67. The minimum atomic E-state index is 0. The molecule has 0 unspecified atom stereocenters. The molecule has 0 aliphatic carbocycles. The van der Waals surface area contributed by atoms with Crippen molar-refractivity contribution in [3.8, 4) is 5.88 Å². The van der Waals surface area contributed by atoms with Crippen molar-refractivity contribution < 1.29 is 4.74 Å². The van der Waals surface area contributed by atoms with E-state index < -0.39 is 0 Å². The van der Waals surface area contributed by atoms with E-state index in [1.807, 2.05) is 18.8 Å². The Labute approximate surface area is 164 Å². The molecular weight excluding hydrogens is 447 g/mol. The zero-order chi connectivity index (χ0) is 16.0. The maximum Gasteiger partial charge on any atom is 0.232 e. The number of hydrogen-bond acceptors (Lipinski definition) is 4. The standard InChI is InChI=1S/C15H23ClN4OS.HI/c1-15(2)11-20(8-10-22-15)14(17-3)19-7-9-21-13-12(16)5-4-6-18-13;/h4-6H,7-11H2,1-3H3,(H,17,19);1H. The smallest absolute Gasteiger partial charge is 0.232 e. The lowest BCUT2D eigenvalue weighted by atomic mass is 10.2. The molecule has 1 saturated heterocycles. The molecule has 1 N–H and O–H groups in total. The molecule has 0 saturated carbocycles. The number of aromatic nitrogens is 1. The van der Waals surface area contributed by atoms with Crippen LogP contribution in [-0.4, -0.2) is 59.6 Å². The fourth-order valence-corrected chi connectivity index (χ4v) is 3.60. The number of aliphatic imine (C=N–C) groups is 1. The molecule has 1 aliphatic rings. The molecule has 1 fully saturated rings. The van der Waals surface area contributed by atoms with Crippen LogP contribution in [-0.2, 0) is 0 Å². The van der Waals surface area contributed by atoms with Crippen molar-refractivity contribution in [3.63, 3.8) is 0 Å². The van der Waals surface area contributed by atoms with Crippen LogP contribution in [0.4, 0.5) is 0 Å². The summed E-state index contributed by atoms with van der Waals surface area (Å²) < 4.78 is 5.83. The van der Waals surface area contributed by atoms with E-state index in [0.29, 0.717) is 24.1 Å². The Morgan fingerprint density at radius 3 is 3.00 bits per heavy atom. The summed E-state index contributed by atoms with van der Waals surface area (Å²) in [6, 6.07) is 3.55. The third-order valence-electron chi connectivity index (χ3n) is 3.29. The number of nitrogens with one attached hydrogen (secondary N) is 1. The first-order chi connectivity index (χ1) is 10.5. The van der Waals surface area contributed by atoms with Crippen molar-refractivity contribution in [1.29, 1.82) is 0 Å². The molecule has 0 amide bonds. The fourth-order valence-electron chi connectivity index (χ4n) is 2.32. The minimum absolute atomic E-state index is 0. The molecule has 1 aliphatic heterocycles. The maximum absolute atomic E-state index is 6.00. The predicted molar refractivity (Wildman–Crippen MR) is 110 cm³/mol. The van der Waals surface area contributed by atoms with Crippen LogP contribution in [0.15, 0.2) is 23.3 Å². The Balaban J connectivity index is 0.00000264. The summed E-state index contributed by atoms with van der Waals surface area (Å²) in [5.41, 5.74) is 0. The Bertz CT molecular complexity index is 530. The number of thioether (sulfide) groups is 1. The summed E-state index contributed by atoms with van der Waals surface area (Å²) in [6.45, 7) is 7.68. The number of hydrogen-bond donors (Lipinski definition) is 1. The van der Waals surface area contributed by atoms with E-state index in [2.05, 4.69) is 34.0 Å². The Morgan fingerprint density at radius 1 is 1.57 bits per heavy atom. The normalized spacial score (nSPS) is 17.4. The summed E-state index contributed by atoms with van der Waals surface area (Å²) in [7, 11) is 1.81. The van der Waals surface area contributed by atoms with E-state index in [9.17, 15) is 0 Å². The second-order valence-corrected chi connectivity index (χ2v) is 7.85. The average Bonchev–Trinajstić information content (AvgIpc) is 2.48. The Morgan fingerprint density at radius 2 is 2.35 bits per heavy atom. The van der Waals surface area contributed by atoms with Gasteiger partial charge in [-0.15, -0.1) is 24.0 Å². The number of nitrogens with zero attached hydrogens (tertiary/aromatic N) is 3. The third-order valence-corrected chi connectivity index (χ3v) is 4.87. The predicted octanol–water partition coefficient (Wildman–Crippen LogP) is 3.13. The highest BCUT2D eigenvalue weighted by Gasteiger charge is 2.28. The van der Waals surface area contributed by atoms with Crippen molar-refractivity contribution in [1.82, 2.24) is 15.2 Å². The van der Waals surface area contributed by atoms with Gasteiger partial charge in [-0.1, -0.05) is 11.6 Å². The molecule has 2 heterocycles. The van der Waals surface area contributed by atoms with E-state index >= 15 is 0 Å². The number of ether oxygens (including phenoxy) is 1. The highest BCUT2D eigenvalue weighted by molar-refractivity contribution is 14.0. The van der Waals surface area contributed by atoms with Gasteiger partial charge in [0.1, 0.15) is 11.6 Å². The van der Waals surface area contributed by atoms with Crippen LogP contribution in [0.5, 0.6) is 5.88 Å². The van der Waals surface area contributed by atoms with Crippen LogP contribution in [0.2, 0.25) is 5.02 Å². The Hall–Kier alpha value is -0.410. The van der Waals surface area contributed by atoms with Crippen LogP contribution in [0.1, 0.15) is 13.8 Å². The molecular formula is C15H24ClIN4OS. The van der Waals surface area contributed by atoms with Gasteiger partial charge in [0, 0.05) is 36.8 Å². The Kier molecular flexibility index (Phi) is 8.78. The zero-order valence-corrected chi connectivity index (χ0v) is 17.6. The van der Waals surface area contributed by atoms with Crippen LogP contribution < -0.4 is 10.1 Å². The van der Waals surface area contributed by atoms with E-state index in [1.54, 1.807) is 18.3 Å². The summed E-state index contributed by atoms with van der Waals surface area (Å²) >= 11 is 8.01. The van der Waals surface area contributed by atoms with Crippen molar-refractivity contribution in [3.05, 3.63) is 23.4 Å². The first-order valence-electron chi connectivity index (χ1n) is 7.35. The molecule has 130 valence electrons. The molecule has 0 bridgehead atoms. The topological polar surface area (TPSA) is 49.8 Å².